The van der Waals surface area contributed by atoms with Gasteiger partial charge in [0.05, 0.1) is 0 Å². The highest BCUT2D eigenvalue weighted by Crippen LogP contribution is 2.11. The van der Waals surface area contributed by atoms with E-state index in [0.29, 0.717) is 10.7 Å². The third-order valence-corrected chi connectivity index (χ3v) is 4.10. The van der Waals surface area contributed by atoms with Gasteiger partial charge in [-0.25, -0.2) is 0 Å². The van der Waals surface area contributed by atoms with Gasteiger partial charge < -0.3 is 15.5 Å². The van der Waals surface area contributed by atoms with Gasteiger partial charge in [-0.05, 0) is 61.8 Å². The standard InChI is InChI=1S/C20H25N3OS/c1-15(9-10-16-7-5-4-6-8-16)21-20(25)22-18-13-11-17(12-14-18)19(24)23(2)3/h4-8,11-15H,9-10H2,1-3H3,(H2,21,22,25)/t15-/m0/s1. The van der Waals surface area contributed by atoms with Crippen molar-refractivity contribution in [1.29, 1.82) is 0 Å². The second-order valence-electron chi connectivity index (χ2n) is 6.30. The van der Waals surface area contributed by atoms with Crippen molar-refractivity contribution in [2.24, 2.45) is 0 Å². The van der Waals surface area contributed by atoms with Gasteiger partial charge in [0.1, 0.15) is 0 Å². The van der Waals surface area contributed by atoms with Gasteiger partial charge in [-0.15, -0.1) is 0 Å². The highest BCUT2D eigenvalue weighted by atomic mass is 32.1. The minimum atomic E-state index is -0.0122. The number of thiocarbonyl (C=S) groups is 1. The summed E-state index contributed by atoms with van der Waals surface area (Å²) in [7, 11) is 3.48. The van der Waals surface area contributed by atoms with Gasteiger partial charge in [-0.3, -0.25) is 4.79 Å². The third-order valence-electron chi connectivity index (χ3n) is 3.88. The number of nitrogens with one attached hydrogen (secondary N) is 2. The van der Waals surface area contributed by atoms with E-state index in [1.807, 2.05) is 18.2 Å². The van der Waals surface area contributed by atoms with E-state index in [9.17, 15) is 4.79 Å². The van der Waals surface area contributed by atoms with Crippen LogP contribution < -0.4 is 10.6 Å². The Morgan fingerprint density at radius 2 is 1.72 bits per heavy atom. The Bertz CT molecular complexity index is 699. The molecule has 0 saturated heterocycles. The minimum Gasteiger partial charge on any atom is -0.360 e. The maximum Gasteiger partial charge on any atom is 0.253 e. The maximum atomic E-state index is 11.9. The lowest BCUT2D eigenvalue weighted by Gasteiger charge is -2.17. The number of hydrogen-bond donors (Lipinski definition) is 2. The molecule has 0 saturated carbocycles. The Labute approximate surface area is 155 Å². The number of nitrogens with zero attached hydrogens (tertiary/aromatic N) is 1. The van der Waals surface area contributed by atoms with Crippen molar-refractivity contribution in [3.05, 3.63) is 65.7 Å². The molecule has 2 aromatic carbocycles. The van der Waals surface area contributed by atoms with E-state index in [-0.39, 0.29) is 11.9 Å². The van der Waals surface area contributed by atoms with Gasteiger partial charge in [-0.1, -0.05) is 30.3 Å². The summed E-state index contributed by atoms with van der Waals surface area (Å²) in [6.45, 7) is 2.12. The third kappa shape index (κ3) is 6.19. The van der Waals surface area contributed by atoms with Gasteiger partial charge in [0, 0.05) is 31.4 Å². The second kappa shape index (κ2) is 9.18. The number of carbonyl (C=O) groups is 1. The highest BCUT2D eigenvalue weighted by Gasteiger charge is 2.08. The molecular formula is C20H25N3OS. The Morgan fingerprint density at radius 3 is 2.32 bits per heavy atom. The number of carbonyl (C=O) groups excluding carboxylic acids is 1. The quantitative estimate of drug-likeness (QED) is 0.776. The predicted octanol–water partition coefficient (Wildman–Crippen LogP) is 3.70. The molecule has 0 bridgehead atoms. The van der Waals surface area contributed by atoms with Crippen LogP contribution in [0, 0.1) is 0 Å². The molecule has 0 aliphatic rings. The molecule has 2 rings (SSSR count). The molecule has 5 heteroatoms. The first-order valence-corrected chi connectivity index (χ1v) is 8.79. The zero-order chi connectivity index (χ0) is 18.2. The van der Waals surface area contributed by atoms with Crippen molar-refractivity contribution in [2.45, 2.75) is 25.8 Å². The van der Waals surface area contributed by atoms with Crippen LogP contribution in [0.2, 0.25) is 0 Å². The van der Waals surface area contributed by atoms with E-state index in [1.165, 1.54) is 5.56 Å². The average molecular weight is 356 g/mol. The van der Waals surface area contributed by atoms with Crippen LogP contribution in [0.4, 0.5) is 5.69 Å². The van der Waals surface area contributed by atoms with Crippen LogP contribution in [0.1, 0.15) is 29.3 Å². The summed E-state index contributed by atoms with van der Waals surface area (Å²) in [5.41, 5.74) is 2.85. The molecule has 2 aromatic rings. The predicted molar refractivity (Wildman–Crippen MR) is 108 cm³/mol. The van der Waals surface area contributed by atoms with Crippen molar-refractivity contribution in [2.75, 3.05) is 19.4 Å². The summed E-state index contributed by atoms with van der Waals surface area (Å²) in [6.07, 6.45) is 2.01. The summed E-state index contributed by atoms with van der Waals surface area (Å²) in [6, 6.07) is 18.0. The summed E-state index contributed by atoms with van der Waals surface area (Å²) >= 11 is 5.37. The Hall–Kier alpha value is -2.40. The van der Waals surface area contributed by atoms with Crippen LogP contribution in [-0.2, 0) is 6.42 Å². The van der Waals surface area contributed by atoms with Gasteiger partial charge in [-0.2, -0.15) is 0 Å². The SMILES string of the molecule is C[C@@H](CCc1ccccc1)NC(=S)Nc1ccc(C(=O)N(C)C)cc1. The zero-order valence-electron chi connectivity index (χ0n) is 15.0. The van der Waals surface area contributed by atoms with E-state index in [2.05, 4.69) is 41.8 Å². The van der Waals surface area contributed by atoms with Crippen molar-refractivity contribution >= 4 is 28.9 Å². The Balaban J connectivity index is 1.80. The van der Waals surface area contributed by atoms with Gasteiger partial charge in [0.25, 0.3) is 5.91 Å². The summed E-state index contributed by atoms with van der Waals surface area (Å²) < 4.78 is 0. The topological polar surface area (TPSA) is 44.4 Å². The molecule has 0 fully saturated rings. The number of benzene rings is 2. The van der Waals surface area contributed by atoms with E-state index >= 15 is 0 Å². The molecule has 0 spiro atoms. The van der Waals surface area contributed by atoms with Crippen molar-refractivity contribution in [3.8, 4) is 0 Å². The maximum absolute atomic E-state index is 11.9. The smallest absolute Gasteiger partial charge is 0.253 e. The van der Waals surface area contributed by atoms with Crippen LogP contribution in [0.15, 0.2) is 54.6 Å². The lowest BCUT2D eigenvalue weighted by atomic mass is 10.1. The first kappa shape index (κ1) is 18.9. The molecule has 0 radical (unpaired) electrons. The molecule has 1 atom stereocenters. The van der Waals surface area contributed by atoms with E-state index in [4.69, 9.17) is 12.2 Å². The fourth-order valence-corrected chi connectivity index (χ4v) is 2.76. The molecule has 0 unspecified atom stereocenters. The Morgan fingerprint density at radius 1 is 1.08 bits per heavy atom. The molecule has 0 aliphatic heterocycles. The molecule has 0 aliphatic carbocycles. The van der Waals surface area contributed by atoms with Crippen molar-refractivity contribution in [3.63, 3.8) is 0 Å². The van der Waals surface area contributed by atoms with Crippen LogP contribution in [0.25, 0.3) is 0 Å². The fourth-order valence-electron chi connectivity index (χ4n) is 2.45. The molecular weight excluding hydrogens is 330 g/mol. The summed E-state index contributed by atoms with van der Waals surface area (Å²) in [5.74, 6) is -0.0122. The van der Waals surface area contributed by atoms with E-state index in [1.54, 1.807) is 31.1 Å². The van der Waals surface area contributed by atoms with E-state index < -0.39 is 0 Å². The largest absolute Gasteiger partial charge is 0.360 e. The first-order valence-electron chi connectivity index (χ1n) is 8.39. The first-order chi connectivity index (χ1) is 12.0. The highest BCUT2D eigenvalue weighted by molar-refractivity contribution is 7.80. The van der Waals surface area contributed by atoms with Crippen LogP contribution >= 0.6 is 12.2 Å². The van der Waals surface area contributed by atoms with Gasteiger partial charge >= 0.3 is 0 Å². The van der Waals surface area contributed by atoms with Crippen LogP contribution in [0.3, 0.4) is 0 Å². The lowest BCUT2D eigenvalue weighted by molar-refractivity contribution is 0.0827. The number of amides is 1. The summed E-state index contributed by atoms with van der Waals surface area (Å²) in [5, 5.41) is 7.05. The summed E-state index contributed by atoms with van der Waals surface area (Å²) in [4.78, 5) is 13.4. The van der Waals surface area contributed by atoms with Crippen LogP contribution in [0.5, 0.6) is 0 Å². The molecule has 4 nitrogen and oxygen atoms in total. The number of hydrogen-bond acceptors (Lipinski definition) is 2. The molecule has 1 amide bonds. The fraction of sp³-hybridized carbons (Fsp3) is 0.300. The normalized spacial score (nSPS) is 11.5. The second-order valence-corrected chi connectivity index (χ2v) is 6.71. The monoisotopic (exact) mass is 355 g/mol. The van der Waals surface area contributed by atoms with Gasteiger partial charge in [0.15, 0.2) is 5.11 Å². The van der Waals surface area contributed by atoms with E-state index in [0.717, 1.165) is 18.5 Å². The molecule has 2 N–H and O–H groups in total. The molecule has 0 aromatic heterocycles. The van der Waals surface area contributed by atoms with Gasteiger partial charge in [0.2, 0.25) is 0 Å². The number of rotatable bonds is 6. The molecule has 25 heavy (non-hydrogen) atoms. The lowest BCUT2D eigenvalue weighted by Crippen LogP contribution is -2.36. The average Bonchev–Trinajstić information content (AvgIpc) is 2.60. The minimum absolute atomic E-state index is 0.0122. The Kier molecular flexibility index (Phi) is 6.95. The number of anilines is 1. The molecule has 0 heterocycles. The van der Waals surface area contributed by atoms with Crippen molar-refractivity contribution < 1.29 is 4.79 Å². The zero-order valence-corrected chi connectivity index (χ0v) is 15.8. The van der Waals surface area contributed by atoms with Crippen molar-refractivity contribution in [1.82, 2.24) is 10.2 Å². The number of aryl methyl sites for hydroxylation is 1. The van der Waals surface area contributed by atoms with Crippen LogP contribution in [-0.4, -0.2) is 36.1 Å². The molecule has 132 valence electrons.